The van der Waals surface area contributed by atoms with Crippen LogP contribution in [0.1, 0.15) is 17.3 Å². The average molecular weight is 285 g/mol. The Balaban J connectivity index is 2.35. The highest BCUT2D eigenvalue weighted by Crippen LogP contribution is 2.31. The van der Waals surface area contributed by atoms with E-state index in [-0.39, 0.29) is 6.61 Å². The van der Waals surface area contributed by atoms with Crippen molar-refractivity contribution in [1.82, 2.24) is 9.78 Å². The van der Waals surface area contributed by atoms with E-state index in [1.807, 2.05) is 0 Å². The number of aliphatic hydroxyl groups is 1. The number of alkyl halides is 3. The van der Waals surface area contributed by atoms with Crippen molar-refractivity contribution in [2.45, 2.75) is 12.2 Å². The summed E-state index contributed by atoms with van der Waals surface area (Å²) in [7, 11) is 1.46. The van der Waals surface area contributed by atoms with Gasteiger partial charge in [0.1, 0.15) is 0 Å². The van der Waals surface area contributed by atoms with Crippen LogP contribution >= 0.6 is 0 Å². The van der Waals surface area contributed by atoms with Crippen molar-refractivity contribution in [3.05, 3.63) is 41.6 Å². The molecule has 2 aromatic rings. The second-order valence-corrected chi connectivity index (χ2v) is 4.45. The van der Waals surface area contributed by atoms with Crippen LogP contribution in [0.5, 0.6) is 0 Å². The molecule has 0 aliphatic rings. The summed E-state index contributed by atoms with van der Waals surface area (Å²) in [5.41, 5.74) is 6.41. The lowest BCUT2D eigenvalue weighted by Gasteiger charge is -2.09. The van der Waals surface area contributed by atoms with Crippen LogP contribution in [0.25, 0.3) is 11.3 Å². The van der Waals surface area contributed by atoms with Crippen molar-refractivity contribution in [3.63, 3.8) is 0 Å². The Labute approximate surface area is 113 Å². The molecule has 0 unspecified atom stereocenters. The van der Waals surface area contributed by atoms with E-state index >= 15 is 0 Å². The molecule has 1 aromatic heterocycles. The molecule has 0 radical (unpaired) electrons. The standard InChI is InChI=1S/C13H14F3N3O/c1-19-11(6-12(18-19)13(14,15)16)9-4-2-8(3-5-9)10(17)7-20/h2-6,10,20H,7,17H2,1H3/t10-/m0/s1. The quantitative estimate of drug-likeness (QED) is 0.907. The van der Waals surface area contributed by atoms with Gasteiger partial charge in [-0.2, -0.15) is 18.3 Å². The van der Waals surface area contributed by atoms with Crippen LogP contribution in [0, 0.1) is 0 Å². The van der Waals surface area contributed by atoms with Crippen LogP contribution < -0.4 is 5.73 Å². The van der Waals surface area contributed by atoms with Gasteiger partial charge in [-0.1, -0.05) is 24.3 Å². The second kappa shape index (κ2) is 5.26. The van der Waals surface area contributed by atoms with Gasteiger partial charge in [-0.05, 0) is 17.2 Å². The third-order valence-corrected chi connectivity index (χ3v) is 3.00. The molecule has 0 bridgehead atoms. The minimum atomic E-state index is -4.46. The molecule has 2 rings (SSSR count). The molecule has 0 saturated heterocycles. The lowest BCUT2D eigenvalue weighted by atomic mass is 10.0. The van der Waals surface area contributed by atoms with Gasteiger partial charge in [-0.15, -0.1) is 0 Å². The highest BCUT2D eigenvalue weighted by Gasteiger charge is 2.34. The van der Waals surface area contributed by atoms with E-state index in [9.17, 15) is 13.2 Å². The van der Waals surface area contributed by atoms with E-state index in [1.165, 1.54) is 11.7 Å². The number of aryl methyl sites for hydroxylation is 1. The Morgan fingerprint density at radius 3 is 2.35 bits per heavy atom. The summed E-state index contributed by atoms with van der Waals surface area (Å²) in [5.74, 6) is 0. The van der Waals surface area contributed by atoms with Gasteiger partial charge in [0, 0.05) is 7.05 Å². The molecule has 1 aromatic carbocycles. The number of aromatic nitrogens is 2. The summed E-state index contributed by atoms with van der Waals surface area (Å²) >= 11 is 0. The van der Waals surface area contributed by atoms with Gasteiger partial charge in [0.15, 0.2) is 5.69 Å². The van der Waals surface area contributed by atoms with E-state index in [0.717, 1.165) is 11.6 Å². The highest BCUT2D eigenvalue weighted by atomic mass is 19.4. The van der Waals surface area contributed by atoms with E-state index in [2.05, 4.69) is 5.10 Å². The predicted octanol–water partition coefficient (Wildman–Crippen LogP) is 2.10. The first-order chi connectivity index (χ1) is 9.32. The number of benzene rings is 1. The number of nitrogens with two attached hydrogens (primary N) is 1. The maximum atomic E-state index is 12.6. The monoisotopic (exact) mass is 285 g/mol. The van der Waals surface area contributed by atoms with E-state index < -0.39 is 17.9 Å². The Morgan fingerprint density at radius 1 is 1.30 bits per heavy atom. The third kappa shape index (κ3) is 2.83. The highest BCUT2D eigenvalue weighted by molar-refractivity contribution is 5.60. The van der Waals surface area contributed by atoms with Crippen molar-refractivity contribution in [1.29, 1.82) is 0 Å². The van der Waals surface area contributed by atoms with Gasteiger partial charge < -0.3 is 10.8 Å². The van der Waals surface area contributed by atoms with Crippen LogP contribution in [-0.2, 0) is 13.2 Å². The fraction of sp³-hybridized carbons (Fsp3) is 0.308. The van der Waals surface area contributed by atoms with Gasteiger partial charge in [-0.3, -0.25) is 4.68 Å². The molecule has 0 amide bonds. The van der Waals surface area contributed by atoms with Crippen molar-refractivity contribution in [2.75, 3.05) is 6.61 Å². The molecule has 0 saturated carbocycles. The van der Waals surface area contributed by atoms with Crippen LogP contribution in [0.3, 0.4) is 0 Å². The van der Waals surface area contributed by atoms with Gasteiger partial charge in [0.05, 0.1) is 18.3 Å². The molecule has 108 valence electrons. The third-order valence-electron chi connectivity index (χ3n) is 3.00. The minimum absolute atomic E-state index is 0.191. The number of hydrogen-bond donors (Lipinski definition) is 2. The molecule has 0 aliphatic heterocycles. The first-order valence-electron chi connectivity index (χ1n) is 5.91. The molecule has 0 fully saturated rings. The number of rotatable bonds is 3. The summed E-state index contributed by atoms with van der Waals surface area (Å²) < 4.78 is 39.0. The van der Waals surface area contributed by atoms with E-state index in [4.69, 9.17) is 10.8 Å². The molecular weight excluding hydrogens is 271 g/mol. The Bertz CT molecular complexity index is 590. The molecule has 20 heavy (non-hydrogen) atoms. The zero-order valence-corrected chi connectivity index (χ0v) is 10.7. The molecule has 1 atom stereocenters. The molecule has 0 spiro atoms. The summed E-state index contributed by atoms with van der Waals surface area (Å²) in [6, 6.07) is 7.17. The average Bonchev–Trinajstić information content (AvgIpc) is 2.80. The molecule has 4 nitrogen and oxygen atoms in total. The molecule has 3 N–H and O–H groups in total. The smallest absolute Gasteiger partial charge is 0.394 e. The Hall–Kier alpha value is -1.86. The van der Waals surface area contributed by atoms with Crippen LogP contribution in [0.15, 0.2) is 30.3 Å². The van der Waals surface area contributed by atoms with Gasteiger partial charge in [0.25, 0.3) is 0 Å². The van der Waals surface area contributed by atoms with Gasteiger partial charge in [-0.25, -0.2) is 0 Å². The Kier molecular flexibility index (Phi) is 3.82. The summed E-state index contributed by atoms with van der Waals surface area (Å²) in [5, 5.41) is 12.4. The largest absolute Gasteiger partial charge is 0.435 e. The SMILES string of the molecule is Cn1nc(C(F)(F)F)cc1-c1ccc([C@@H](N)CO)cc1. The molecule has 1 heterocycles. The number of aliphatic hydroxyl groups excluding tert-OH is 1. The predicted molar refractivity (Wildman–Crippen MR) is 67.7 cm³/mol. The van der Waals surface area contributed by atoms with Crippen LogP contribution in [-0.4, -0.2) is 21.5 Å². The fourth-order valence-electron chi connectivity index (χ4n) is 1.88. The van der Waals surface area contributed by atoms with E-state index in [1.54, 1.807) is 24.3 Å². The minimum Gasteiger partial charge on any atom is -0.394 e. The second-order valence-electron chi connectivity index (χ2n) is 4.45. The van der Waals surface area contributed by atoms with Crippen molar-refractivity contribution in [2.24, 2.45) is 12.8 Å². The van der Waals surface area contributed by atoms with Gasteiger partial charge in [0.2, 0.25) is 0 Å². The molecular formula is C13H14F3N3O. The normalized spacial score (nSPS) is 13.5. The van der Waals surface area contributed by atoms with Gasteiger partial charge >= 0.3 is 6.18 Å². The first-order valence-corrected chi connectivity index (χ1v) is 5.91. The maximum absolute atomic E-state index is 12.6. The fourth-order valence-corrected chi connectivity index (χ4v) is 1.88. The summed E-state index contributed by atoms with van der Waals surface area (Å²) in [6.07, 6.45) is -4.46. The lowest BCUT2D eigenvalue weighted by molar-refractivity contribution is -0.141. The van der Waals surface area contributed by atoms with Crippen molar-refractivity contribution in [3.8, 4) is 11.3 Å². The zero-order valence-electron chi connectivity index (χ0n) is 10.7. The molecule has 7 heteroatoms. The first kappa shape index (κ1) is 14.5. The number of halogens is 3. The maximum Gasteiger partial charge on any atom is 0.435 e. The number of nitrogens with zero attached hydrogens (tertiary/aromatic N) is 2. The summed E-state index contributed by atoms with van der Waals surface area (Å²) in [4.78, 5) is 0. The molecule has 0 aliphatic carbocycles. The summed E-state index contributed by atoms with van der Waals surface area (Å²) in [6.45, 7) is -0.191. The van der Waals surface area contributed by atoms with Crippen molar-refractivity contribution < 1.29 is 18.3 Å². The van der Waals surface area contributed by atoms with Crippen molar-refractivity contribution >= 4 is 0 Å². The topological polar surface area (TPSA) is 64.1 Å². The Morgan fingerprint density at radius 2 is 1.90 bits per heavy atom. The van der Waals surface area contributed by atoms with E-state index in [0.29, 0.717) is 11.3 Å². The lowest BCUT2D eigenvalue weighted by Crippen LogP contribution is -2.14. The zero-order chi connectivity index (χ0) is 14.9. The van der Waals surface area contributed by atoms with Crippen LogP contribution in [0.4, 0.5) is 13.2 Å². The number of hydrogen-bond acceptors (Lipinski definition) is 3. The van der Waals surface area contributed by atoms with Crippen LogP contribution in [0.2, 0.25) is 0 Å².